The Morgan fingerprint density at radius 3 is 2.71 bits per heavy atom. The lowest BCUT2D eigenvalue weighted by Crippen LogP contribution is -2.44. The molecule has 0 spiro atoms. The van der Waals surface area contributed by atoms with Crippen molar-refractivity contribution in [2.24, 2.45) is 0 Å². The van der Waals surface area contributed by atoms with E-state index in [2.05, 4.69) is 26.8 Å². The molecule has 2 aromatic rings. The first-order chi connectivity index (χ1) is 8.22. The Morgan fingerprint density at radius 1 is 1.18 bits per heavy atom. The summed E-state index contributed by atoms with van der Waals surface area (Å²) >= 11 is 7.55. The number of piperazine rings is 1. The fourth-order valence-corrected chi connectivity index (χ4v) is 3.02. The van der Waals surface area contributed by atoms with Crippen LogP contribution < -0.4 is 4.90 Å². The van der Waals surface area contributed by atoms with E-state index < -0.39 is 0 Å². The van der Waals surface area contributed by atoms with Gasteiger partial charge in [-0.1, -0.05) is 22.9 Å². The molecule has 0 atom stereocenters. The summed E-state index contributed by atoms with van der Waals surface area (Å²) in [5.74, 6) is 0. The lowest BCUT2D eigenvalue weighted by atomic mass is 10.3. The van der Waals surface area contributed by atoms with Crippen LogP contribution in [0.4, 0.5) is 5.13 Å². The van der Waals surface area contributed by atoms with Gasteiger partial charge in [-0.2, -0.15) is 4.98 Å². The predicted octanol–water partition coefficient (Wildman–Crippen LogP) is 2.10. The van der Waals surface area contributed by atoms with Crippen molar-refractivity contribution in [3.63, 3.8) is 0 Å². The molecule has 1 aliphatic rings. The molecule has 0 radical (unpaired) electrons. The predicted molar refractivity (Wildman–Crippen MR) is 72.1 cm³/mol. The molecule has 1 aliphatic heterocycles. The molecule has 3 heterocycles. The Kier molecular flexibility index (Phi) is 2.90. The van der Waals surface area contributed by atoms with Gasteiger partial charge in [0, 0.05) is 26.2 Å². The van der Waals surface area contributed by atoms with Crippen molar-refractivity contribution in [1.29, 1.82) is 0 Å². The second kappa shape index (κ2) is 4.40. The molecule has 0 saturated carbocycles. The van der Waals surface area contributed by atoms with E-state index in [1.54, 1.807) is 11.3 Å². The molecule has 2 aromatic heterocycles. The molecule has 0 amide bonds. The number of halogens is 1. The second-order valence-electron chi connectivity index (χ2n) is 4.24. The third-order valence-electron chi connectivity index (χ3n) is 2.98. The van der Waals surface area contributed by atoms with Gasteiger partial charge in [0.2, 0.25) is 0 Å². The Balaban J connectivity index is 1.90. The number of rotatable bonds is 1. The van der Waals surface area contributed by atoms with Crippen molar-refractivity contribution in [3.8, 4) is 0 Å². The van der Waals surface area contributed by atoms with E-state index >= 15 is 0 Å². The highest BCUT2D eigenvalue weighted by atomic mass is 35.5. The fraction of sp³-hybridized carbons (Fsp3) is 0.455. The van der Waals surface area contributed by atoms with Crippen LogP contribution in [0, 0.1) is 0 Å². The molecule has 6 heteroatoms. The number of anilines is 1. The van der Waals surface area contributed by atoms with Gasteiger partial charge in [0.05, 0.1) is 4.70 Å². The Hall–Kier alpha value is -0.910. The van der Waals surface area contributed by atoms with E-state index in [0.717, 1.165) is 41.7 Å². The third kappa shape index (κ3) is 2.22. The summed E-state index contributed by atoms with van der Waals surface area (Å²) in [5, 5.41) is 1.57. The highest BCUT2D eigenvalue weighted by Crippen LogP contribution is 2.29. The second-order valence-corrected chi connectivity index (χ2v) is 5.64. The van der Waals surface area contributed by atoms with Crippen LogP contribution in [0.15, 0.2) is 12.1 Å². The van der Waals surface area contributed by atoms with E-state index in [1.165, 1.54) is 0 Å². The zero-order valence-electron chi connectivity index (χ0n) is 9.56. The van der Waals surface area contributed by atoms with E-state index in [4.69, 9.17) is 11.6 Å². The number of aromatic nitrogens is 2. The van der Waals surface area contributed by atoms with Gasteiger partial charge >= 0.3 is 0 Å². The summed E-state index contributed by atoms with van der Waals surface area (Å²) in [6, 6.07) is 3.80. The largest absolute Gasteiger partial charge is 0.345 e. The van der Waals surface area contributed by atoms with Gasteiger partial charge in [0.1, 0.15) is 5.15 Å². The molecule has 3 rings (SSSR count). The van der Waals surface area contributed by atoms with E-state index in [-0.39, 0.29) is 0 Å². The molecule has 17 heavy (non-hydrogen) atoms. The zero-order chi connectivity index (χ0) is 11.8. The molecular weight excluding hydrogens is 256 g/mol. The maximum absolute atomic E-state index is 5.87. The normalized spacial score (nSPS) is 17.9. The number of pyridine rings is 1. The van der Waals surface area contributed by atoms with Crippen LogP contribution in [-0.2, 0) is 0 Å². The average Bonchev–Trinajstić information content (AvgIpc) is 2.72. The summed E-state index contributed by atoms with van der Waals surface area (Å²) in [7, 11) is 2.15. The molecule has 4 nitrogen and oxygen atoms in total. The molecular formula is C11H13ClN4S. The highest BCUT2D eigenvalue weighted by molar-refractivity contribution is 7.22. The summed E-state index contributed by atoms with van der Waals surface area (Å²) in [6.07, 6.45) is 0. The van der Waals surface area contributed by atoms with Crippen LogP contribution in [-0.4, -0.2) is 48.1 Å². The Labute approximate surface area is 109 Å². The van der Waals surface area contributed by atoms with Crippen LogP contribution in [0.5, 0.6) is 0 Å². The SMILES string of the molecule is CN1CCN(c2nc3nc(Cl)ccc3s2)CC1. The number of thiazole rings is 1. The number of hydrogen-bond acceptors (Lipinski definition) is 5. The summed E-state index contributed by atoms with van der Waals surface area (Å²) in [4.78, 5) is 13.4. The van der Waals surface area contributed by atoms with Crippen molar-refractivity contribution in [3.05, 3.63) is 17.3 Å². The Bertz CT molecular complexity index is 533. The van der Waals surface area contributed by atoms with Gasteiger partial charge < -0.3 is 9.80 Å². The monoisotopic (exact) mass is 268 g/mol. The van der Waals surface area contributed by atoms with Gasteiger partial charge in [-0.3, -0.25) is 0 Å². The average molecular weight is 269 g/mol. The van der Waals surface area contributed by atoms with Gasteiger partial charge in [0.25, 0.3) is 0 Å². The topological polar surface area (TPSA) is 32.3 Å². The molecule has 1 saturated heterocycles. The first-order valence-corrected chi connectivity index (χ1v) is 6.78. The molecule has 0 bridgehead atoms. The van der Waals surface area contributed by atoms with E-state index in [0.29, 0.717) is 5.15 Å². The molecule has 0 unspecified atom stereocenters. The number of fused-ring (bicyclic) bond motifs is 1. The van der Waals surface area contributed by atoms with Crippen LogP contribution in [0.2, 0.25) is 5.15 Å². The number of nitrogens with zero attached hydrogens (tertiary/aromatic N) is 4. The molecule has 0 N–H and O–H groups in total. The van der Waals surface area contributed by atoms with Crippen molar-refractivity contribution >= 4 is 38.4 Å². The third-order valence-corrected chi connectivity index (χ3v) is 4.26. The van der Waals surface area contributed by atoms with Crippen LogP contribution in [0.3, 0.4) is 0 Å². The lowest BCUT2D eigenvalue weighted by Gasteiger charge is -2.31. The van der Waals surface area contributed by atoms with Crippen molar-refractivity contribution in [2.75, 3.05) is 38.1 Å². The molecule has 1 fully saturated rings. The first-order valence-electron chi connectivity index (χ1n) is 5.59. The molecule has 0 aromatic carbocycles. The quantitative estimate of drug-likeness (QED) is 0.742. The maximum Gasteiger partial charge on any atom is 0.188 e. The summed E-state index contributed by atoms with van der Waals surface area (Å²) in [6.45, 7) is 4.24. The summed E-state index contributed by atoms with van der Waals surface area (Å²) < 4.78 is 1.10. The lowest BCUT2D eigenvalue weighted by molar-refractivity contribution is 0.313. The smallest absolute Gasteiger partial charge is 0.188 e. The van der Waals surface area contributed by atoms with Crippen molar-refractivity contribution in [2.45, 2.75) is 0 Å². The van der Waals surface area contributed by atoms with Gasteiger partial charge in [-0.25, -0.2) is 4.98 Å². The first kappa shape index (κ1) is 11.2. The Morgan fingerprint density at radius 2 is 1.94 bits per heavy atom. The minimum atomic E-state index is 0.507. The number of hydrogen-bond donors (Lipinski definition) is 0. The van der Waals surface area contributed by atoms with Crippen LogP contribution in [0.25, 0.3) is 10.3 Å². The maximum atomic E-state index is 5.87. The van der Waals surface area contributed by atoms with Crippen LogP contribution in [0.1, 0.15) is 0 Å². The van der Waals surface area contributed by atoms with E-state index in [1.807, 2.05) is 12.1 Å². The minimum Gasteiger partial charge on any atom is -0.345 e. The zero-order valence-corrected chi connectivity index (χ0v) is 11.1. The molecule has 90 valence electrons. The van der Waals surface area contributed by atoms with Crippen LogP contribution >= 0.6 is 22.9 Å². The number of likely N-dealkylation sites (N-methyl/N-ethyl adjacent to an activating group) is 1. The summed E-state index contributed by atoms with van der Waals surface area (Å²) in [5.41, 5.74) is 0.761. The van der Waals surface area contributed by atoms with Crippen molar-refractivity contribution in [1.82, 2.24) is 14.9 Å². The highest BCUT2D eigenvalue weighted by Gasteiger charge is 2.17. The standard InChI is InChI=1S/C11H13ClN4S/c1-15-4-6-16(7-5-15)11-14-10-8(17-11)2-3-9(12)13-10/h2-3H,4-7H2,1H3. The van der Waals surface area contributed by atoms with E-state index in [9.17, 15) is 0 Å². The van der Waals surface area contributed by atoms with Crippen molar-refractivity contribution < 1.29 is 0 Å². The van der Waals surface area contributed by atoms with Gasteiger partial charge in [-0.15, -0.1) is 0 Å². The minimum absolute atomic E-state index is 0.507. The molecule has 0 aliphatic carbocycles. The fourth-order valence-electron chi connectivity index (χ4n) is 1.92. The van der Waals surface area contributed by atoms with Gasteiger partial charge in [-0.05, 0) is 19.2 Å². The van der Waals surface area contributed by atoms with Gasteiger partial charge in [0.15, 0.2) is 10.8 Å².